The van der Waals surface area contributed by atoms with E-state index in [4.69, 9.17) is 4.74 Å². The van der Waals surface area contributed by atoms with E-state index in [2.05, 4.69) is 10.2 Å². The third-order valence-electron chi connectivity index (χ3n) is 4.46. The molecule has 1 aromatic heterocycles. The van der Waals surface area contributed by atoms with E-state index in [1.165, 1.54) is 17.8 Å². The molecule has 1 saturated heterocycles. The van der Waals surface area contributed by atoms with Gasteiger partial charge in [0.1, 0.15) is 12.1 Å². The van der Waals surface area contributed by atoms with E-state index in [0.717, 1.165) is 0 Å². The average Bonchev–Trinajstić information content (AvgIpc) is 3.08. The number of rotatable bonds is 4. The maximum Gasteiger partial charge on any atom is 0.308 e. The predicted octanol–water partition coefficient (Wildman–Crippen LogP) is 0.819. The van der Waals surface area contributed by atoms with Gasteiger partial charge in [-0.25, -0.2) is 8.42 Å². The summed E-state index contributed by atoms with van der Waals surface area (Å²) in [6.07, 6.45) is 2.03. The van der Waals surface area contributed by atoms with Crippen molar-refractivity contribution in [1.82, 2.24) is 19.7 Å². The molecule has 144 valence electrons. The van der Waals surface area contributed by atoms with Crippen molar-refractivity contribution < 1.29 is 22.7 Å². The molecule has 2 heterocycles. The molecule has 0 N–H and O–H groups in total. The molecule has 9 nitrogen and oxygen atoms in total. The van der Waals surface area contributed by atoms with Crippen LogP contribution in [0.1, 0.15) is 30.1 Å². The molecule has 1 fully saturated rings. The fourth-order valence-electron chi connectivity index (χ4n) is 3.06. The van der Waals surface area contributed by atoms with Gasteiger partial charge in [-0.2, -0.15) is 0 Å². The van der Waals surface area contributed by atoms with Gasteiger partial charge in [-0.3, -0.25) is 9.59 Å². The molecule has 2 aromatic rings. The third kappa shape index (κ3) is 4.00. The van der Waals surface area contributed by atoms with Crippen molar-refractivity contribution in [3.05, 3.63) is 36.2 Å². The maximum atomic E-state index is 12.7. The molecule has 1 amide bonds. The summed E-state index contributed by atoms with van der Waals surface area (Å²) in [5.41, 5.74) is 0.459. The van der Waals surface area contributed by atoms with Gasteiger partial charge in [0.15, 0.2) is 0 Å². The average molecular weight is 392 g/mol. The minimum atomic E-state index is -3.58. The highest BCUT2D eigenvalue weighted by atomic mass is 32.2. The lowest BCUT2D eigenvalue weighted by Crippen LogP contribution is -2.42. The maximum absolute atomic E-state index is 12.7. The Labute approximate surface area is 156 Å². The Kier molecular flexibility index (Phi) is 5.26. The summed E-state index contributed by atoms with van der Waals surface area (Å²) in [6.45, 7) is 1.98. The van der Waals surface area contributed by atoms with Crippen molar-refractivity contribution in [2.45, 2.75) is 30.2 Å². The van der Waals surface area contributed by atoms with Crippen LogP contribution in [0.2, 0.25) is 0 Å². The predicted molar refractivity (Wildman–Crippen MR) is 94.9 cm³/mol. The van der Waals surface area contributed by atoms with Crippen molar-refractivity contribution in [2.75, 3.05) is 13.1 Å². The number of likely N-dealkylation sites (tertiary alicyclic amines) is 1. The number of esters is 1. The Morgan fingerprint density at radius 3 is 2.30 bits per heavy atom. The van der Waals surface area contributed by atoms with Gasteiger partial charge in [0.2, 0.25) is 15.0 Å². The molecule has 0 aliphatic carbocycles. The zero-order chi connectivity index (χ0) is 19.6. The van der Waals surface area contributed by atoms with Crippen molar-refractivity contribution in [3.63, 3.8) is 0 Å². The van der Waals surface area contributed by atoms with Crippen LogP contribution in [0.15, 0.2) is 35.7 Å². The van der Waals surface area contributed by atoms with Gasteiger partial charge >= 0.3 is 5.97 Å². The van der Waals surface area contributed by atoms with Gasteiger partial charge in [0.25, 0.3) is 5.91 Å². The molecule has 0 bridgehead atoms. The fourth-order valence-corrected chi connectivity index (χ4v) is 4.80. The van der Waals surface area contributed by atoms with E-state index in [9.17, 15) is 18.0 Å². The summed E-state index contributed by atoms with van der Waals surface area (Å²) in [4.78, 5) is 25.2. The minimum Gasteiger partial charge on any atom is -0.427 e. The smallest absolute Gasteiger partial charge is 0.308 e. The van der Waals surface area contributed by atoms with Gasteiger partial charge in [-0.1, -0.05) is 0 Å². The van der Waals surface area contributed by atoms with E-state index in [1.807, 2.05) is 0 Å². The lowest BCUT2D eigenvalue weighted by molar-refractivity contribution is -0.131. The molecule has 0 spiro atoms. The van der Waals surface area contributed by atoms with Crippen LogP contribution in [-0.4, -0.2) is 58.3 Å². The van der Waals surface area contributed by atoms with Crippen LogP contribution in [0.3, 0.4) is 0 Å². The zero-order valence-corrected chi connectivity index (χ0v) is 15.8. The molecule has 3 rings (SSSR count). The number of nitrogens with zero attached hydrogens (tertiary/aromatic N) is 4. The number of piperidine rings is 1. The molecule has 0 radical (unpaired) electrons. The van der Waals surface area contributed by atoms with E-state index in [-0.39, 0.29) is 11.1 Å². The highest BCUT2D eigenvalue weighted by Gasteiger charge is 2.35. The van der Waals surface area contributed by atoms with Crippen molar-refractivity contribution in [1.29, 1.82) is 0 Å². The Morgan fingerprint density at radius 1 is 1.15 bits per heavy atom. The number of sulfone groups is 1. The molecule has 0 saturated carbocycles. The van der Waals surface area contributed by atoms with Crippen molar-refractivity contribution in [2.24, 2.45) is 7.05 Å². The van der Waals surface area contributed by atoms with E-state index >= 15 is 0 Å². The second kappa shape index (κ2) is 7.47. The summed E-state index contributed by atoms with van der Waals surface area (Å²) in [6, 6.07) is 6.28. The van der Waals surface area contributed by atoms with Gasteiger partial charge in [-0.05, 0) is 37.1 Å². The Morgan fingerprint density at radius 2 is 1.78 bits per heavy atom. The lowest BCUT2D eigenvalue weighted by atomic mass is 10.1. The minimum absolute atomic E-state index is 0.0478. The van der Waals surface area contributed by atoms with Crippen molar-refractivity contribution >= 4 is 21.7 Å². The standard InChI is InChI=1S/C17H20N4O5S/c1-12(22)26-14-5-3-13(4-6-14)16(23)21-9-7-15(8-10-21)27(24,25)17-19-18-11-20(17)2/h3-6,11,15H,7-10H2,1-2H3. The Balaban J connectivity index is 1.64. The Hall–Kier alpha value is -2.75. The monoisotopic (exact) mass is 392 g/mol. The second-order valence-electron chi connectivity index (χ2n) is 6.38. The number of hydrogen-bond acceptors (Lipinski definition) is 7. The number of amides is 1. The summed E-state index contributed by atoms with van der Waals surface area (Å²) < 4.78 is 31.7. The fraction of sp³-hybridized carbons (Fsp3) is 0.412. The van der Waals surface area contributed by atoms with E-state index in [0.29, 0.717) is 37.2 Å². The molecule has 27 heavy (non-hydrogen) atoms. The second-order valence-corrected chi connectivity index (χ2v) is 8.50. The summed E-state index contributed by atoms with van der Waals surface area (Å²) in [5.74, 6) is -0.244. The first-order chi connectivity index (χ1) is 12.8. The number of ether oxygens (including phenoxy) is 1. The van der Waals surface area contributed by atoms with Crippen LogP contribution in [0.25, 0.3) is 0 Å². The zero-order valence-electron chi connectivity index (χ0n) is 15.0. The molecule has 1 aromatic carbocycles. The van der Waals surface area contributed by atoms with Gasteiger partial charge in [-0.15, -0.1) is 10.2 Å². The normalized spacial score (nSPS) is 15.6. The molecule has 0 unspecified atom stereocenters. The summed E-state index contributed by atoms with van der Waals surface area (Å²) in [5, 5.41) is 6.70. The SMILES string of the molecule is CC(=O)Oc1ccc(C(=O)N2CCC(S(=O)(=O)c3nncn3C)CC2)cc1. The highest BCUT2D eigenvalue weighted by Crippen LogP contribution is 2.24. The quantitative estimate of drug-likeness (QED) is 0.559. The Bertz CT molecular complexity index is 944. The molecular formula is C17H20N4O5S. The van der Waals surface area contributed by atoms with Gasteiger partial charge < -0.3 is 14.2 Å². The molecule has 1 aliphatic heterocycles. The number of aryl methyl sites for hydroxylation is 1. The number of carbonyl (C=O) groups is 2. The van der Waals surface area contributed by atoms with Crippen LogP contribution in [0.4, 0.5) is 0 Å². The van der Waals surface area contributed by atoms with Crippen LogP contribution < -0.4 is 4.74 Å². The molecular weight excluding hydrogens is 372 g/mol. The van der Waals surface area contributed by atoms with Crippen molar-refractivity contribution in [3.8, 4) is 5.75 Å². The van der Waals surface area contributed by atoms with Gasteiger partial charge in [0.05, 0.1) is 5.25 Å². The van der Waals surface area contributed by atoms with E-state index in [1.54, 1.807) is 36.2 Å². The highest BCUT2D eigenvalue weighted by molar-refractivity contribution is 7.91. The summed E-state index contributed by atoms with van der Waals surface area (Å²) >= 11 is 0. The first-order valence-electron chi connectivity index (χ1n) is 8.44. The first-order valence-corrected chi connectivity index (χ1v) is 9.99. The molecule has 10 heteroatoms. The number of hydrogen-bond donors (Lipinski definition) is 0. The largest absolute Gasteiger partial charge is 0.427 e. The van der Waals surface area contributed by atoms with E-state index < -0.39 is 21.1 Å². The summed E-state index contributed by atoms with van der Waals surface area (Å²) in [7, 11) is -1.99. The van der Waals surface area contributed by atoms with Gasteiger partial charge in [0, 0.05) is 32.6 Å². The van der Waals surface area contributed by atoms with Crippen LogP contribution >= 0.6 is 0 Å². The third-order valence-corrected chi connectivity index (χ3v) is 6.68. The van der Waals surface area contributed by atoms with Crippen LogP contribution in [-0.2, 0) is 21.7 Å². The topological polar surface area (TPSA) is 111 Å². The van der Waals surface area contributed by atoms with Crippen LogP contribution in [0, 0.1) is 0 Å². The molecule has 0 atom stereocenters. The number of aromatic nitrogens is 3. The lowest BCUT2D eigenvalue weighted by Gasteiger charge is -2.31. The van der Waals surface area contributed by atoms with Crippen LogP contribution in [0.5, 0.6) is 5.75 Å². The number of benzene rings is 1. The number of carbonyl (C=O) groups excluding carboxylic acids is 2. The molecule has 1 aliphatic rings. The first kappa shape index (κ1) is 19.0.